The van der Waals surface area contributed by atoms with Gasteiger partial charge in [0.25, 0.3) is 0 Å². The molecule has 0 aromatic heterocycles. The van der Waals surface area contributed by atoms with Gasteiger partial charge in [-0.05, 0) is 96.9 Å². The zero-order valence-electron chi connectivity index (χ0n) is 19.3. The Labute approximate surface area is 182 Å². The molecule has 0 saturated carbocycles. The lowest BCUT2D eigenvalue weighted by atomic mass is 9.93. The van der Waals surface area contributed by atoms with Crippen molar-refractivity contribution in [3.63, 3.8) is 0 Å². The SMILES string of the molecule is C/C(=C\CC/C(C)=C/CC/C(C)=C/CCC1(C)C=Cc2cc(O)cc(C)c2O1)CO. The smallest absolute Gasteiger partial charge is 0.131 e. The first-order chi connectivity index (χ1) is 14.2. The van der Waals surface area contributed by atoms with Gasteiger partial charge in [0, 0.05) is 5.56 Å². The molecular formula is C27H38O3. The number of aryl methyl sites for hydroxylation is 1. The van der Waals surface area contributed by atoms with Crippen LogP contribution in [0.15, 0.2) is 53.2 Å². The van der Waals surface area contributed by atoms with E-state index in [-0.39, 0.29) is 18.0 Å². The summed E-state index contributed by atoms with van der Waals surface area (Å²) >= 11 is 0. The van der Waals surface area contributed by atoms with Gasteiger partial charge in [-0.3, -0.25) is 0 Å². The monoisotopic (exact) mass is 410 g/mol. The highest BCUT2D eigenvalue weighted by Gasteiger charge is 2.27. The number of benzene rings is 1. The number of aromatic hydroxyl groups is 1. The number of hydrogen-bond donors (Lipinski definition) is 2. The highest BCUT2D eigenvalue weighted by atomic mass is 16.5. The molecule has 1 unspecified atom stereocenters. The van der Waals surface area contributed by atoms with Crippen LogP contribution in [-0.4, -0.2) is 22.4 Å². The summed E-state index contributed by atoms with van der Waals surface area (Å²) in [6, 6.07) is 3.50. The fraction of sp³-hybridized carbons (Fsp3) is 0.481. The molecule has 1 atom stereocenters. The number of hydrogen-bond acceptors (Lipinski definition) is 3. The van der Waals surface area contributed by atoms with Gasteiger partial charge in [0.1, 0.15) is 17.1 Å². The third kappa shape index (κ3) is 7.53. The van der Waals surface area contributed by atoms with Gasteiger partial charge in [-0.25, -0.2) is 0 Å². The van der Waals surface area contributed by atoms with Crippen LogP contribution < -0.4 is 4.74 Å². The Morgan fingerprint density at radius 3 is 2.20 bits per heavy atom. The second-order valence-electron chi connectivity index (χ2n) is 8.85. The van der Waals surface area contributed by atoms with Crippen LogP contribution in [0.4, 0.5) is 0 Å². The fourth-order valence-corrected chi connectivity index (χ4v) is 3.68. The Hall–Kier alpha value is -2.26. The zero-order chi connectivity index (χ0) is 22.1. The molecular weight excluding hydrogens is 372 g/mol. The maximum atomic E-state index is 9.77. The van der Waals surface area contributed by atoms with Crippen molar-refractivity contribution in [1.82, 2.24) is 0 Å². The first-order valence-corrected chi connectivity index (χ1v) is 11.0. The van der Waals surface area contributed by atoms with E-state index in [1.54, 1.807) is 12.1 Å². The number of ether oxygens (including phenoxy) is 1. The number of aliphatic hydroxyl groups is 1. The maximum Gasteiger partial charge on any atom is 0.131 e. The Balaban J connectivity index is 1.79. The lowest BCUT2D eigenvalue weighted by Gasteiger charge is -2.32. The van der Waals surface area contributed by atoms with Crippen LogP contribution in [0, 0.1) is 6.92 Å². The molecule has 1 heterocycles. The normalized spacial score (nSPS) is 19.6. The molecule has 3 nitrogen and oxygen atoms in total. The lowest BCUT2D eigenvalue weighted by Crippen LogP contribution is -2.32. The third-order valence-corrected chi connectivity index (χ3v) is 5.68. The summed E-state index contributed by atoms with van der Waals surface area (Å²) < 4.78 is 6.30. The highest BCUT2D eigenvalue weighted by Crippen LogP contribution is 2.38. The molecule has 1 aliphatic heterocycles. The second kappa shape index (κ2) is 11.2. The molecule has 0 spiro atoms. The van der Waals surface area contributed by atoms with Gasteiger partial charge in [0.2, 0.25) is 0 Å². The van der Waals surface area contributed by atoms with Crippen molar-refractivity contribution >= 4 is 6.08 Å². The topological polar surface area (TPSA) is 49.7 Å². The summed E-state index contributed by atoms with van der Waals surface area (Å²) in [5, 5.41) is 18.8. The van der Waals surface area contributed by atoms with Crippen molar-refractivity contribution in [2.24, 2.45) is 0 Å². The van der Waals surface area contributed by atoms with Crippen molar-refractivity contribution in [2.45, 2.75) is 78.7 Å². The van der Waals surface area contributed by atoms with Crippen LogP contribution in [0.2, 0.25) is 0 Å². The Kier molecular flexibility index (Phi) is 8.98. The third-order valence-electron chi connectivity index (χ3n) is 5.68. The minimum Gasteiger partial charge on any atom is -0.508 e. The van der Waals surface area contributed by atoms with Crippen LogP contribution in [0.3, 0.4) is 0 Å². The Morgan fingerprint density at radius 1 is 0.967 bits per heavy atom. The van der Waals surface area contributed by atoms with Gasteiger partial charge in [-0.15, -0.1) is 0 Å². The first kappa shape index (κ1) is 24.0. The molecule has 0 bridgehead atoms. The molecule has 0 fully saturated rings. The molecule has 1 aromatic carbocycles. The first-order valence-electron chi connectivity index (χ1n) is 11.0. The number of aliphatic hydroxyl groups excluding tert-OH is 1. The van der Waals surface area contributed by atoms with Crippen LogP contribution >= 0.6 is 0 Å². The molecule has 30 heavy (non-hydrogen) atoms. The number of phenols is 1. The van der Waals surface area contributed by atoms with Gasteiger partial charge in [0.15, 0.2) is 0 Å². The van der Waals surface area contributed by atoms with Gasteiger partial charge in [0.05, 0.1) is 6.61 Å². The lowest BCUT2D eigenvalue weighted by molar-refractivity contribution is 0.127. The fourth-order valence-electron chi connectivity index (χ4n) is 3.68. The zero-order valence-corrected chi connectivity index (χ0v) is 19.3. The van der Waals surface area contributed by atoms with Crippen molar-refractivity contribution in [1.29, 1.82) is 0 Å². The summed E-state index contributed by atoms with van der Waals surface area (Å²) in [6.45, 7) is 10.6. The van der Waals surface area contributed by atoms with E-state index in [1.807, 2.05) is 13.8 Å². The van der Waals surface area contributed by atoms with Crippen LogP contribution in [0.5, 0.6) is 11.5 Å². The summed E-state index contributed by atoms with van der Waals surface area (Å²) in [6.07, 6.45) is 17.1. The summed E-state index contributed by atoms with van der Waals surface area (Å²) in [5.41, 5.74) is 5.47. The summed E-state index contributed by atoms with van der Waals surface area (Å²) in [7, 11) is 0. The van der Waals surface area contributed by atoms with Crippen molar-refractivity contribution in [3.05, 3.63) is 64.3 Å². The second-order valence-corrected chi connectivity index (χ2v) is 8.85. The molecule has 1 aromatic rings. The van der Waals surface area contributed by atoms with E-state index in [1.165, 1.54) is 11.1 Å². The highest BCUT2D eigenvalue weighted by molar-refractivity contribution is 5.65. The Morgan fingerprint density at radius 2 is 1.57 bits per heavy atom. The summed E-state index contributed by atoms with van der Waals surface area (Å²) in [4.78, 5) is 0. The standard InChI is InChI=1S/C27H38O3/c1-20(11-7-12-22(3)19-28)9-6-10-21(2)13-8-15-27(5)16-14-24-18-25(29)17-23(4)26(24)30-27/h9,12-14,16-18,28-29H,6-8,10-11,15,19H2,1-5H3/b20-9+,21-13+,22-12+. The van der Waals surface area contributed by atoms with Crippen molar-refractivity contribution in [2.75, 3.05) is 6.61 Å². The molecule has 0 radical (unpaired) electrons. The Bertz CT molecular complexity index is 842. The van der Waals surface area contributed by atoms with Gasteiger partial charge >= 0.3 is 0 Å². The molecule has 1 aliphatic rings. The van der Waals surface area contributed by atoms with E-state index >= 15 is 0 Å². The molecule has 0 aliphatic carbocycles. The number of fused-ring (bicyclic) bond motifs is 1. The van der Waals surface area contributed by atoms with Crippen LogP contribution in [0.25, 0.3) is 6.08 Å². The molecule has 164 valence electrons. The van der Waals surface area contributed by atoms with Crippen LogP contribution in [0.1, 0.15) is 77.3 Å². The van der Waals surface area contributed by atoms with E-state index in [2.05, 4.69) is 51.2 Å². The van der Waals surface area contributed by atoms with E-state index in [0.29, 0.717) is 0 Å². The molecule has 0 amide bonds. The van der Waals surface area contributed by atoms with E-state index < -0.39 is 0 Å². The van der Waals surface area contributed by atoms with Gasteiger partial charge in [-0.2, -0.15) is 0 Å². The van der Waals surface area contributed by atoms with Crippen molar-refractivity contribution < 1.29 is 14.9 Å². The van der Waals surface area contributed by atoms with E-state index in [0.717, 1.165) is 61.0 Å². The average Bonchev–Trinajstić information content (AvgIpc) is 2.68. The van der Waals surface area contributed by atoms with Gasteiger partial charge in [-0.1, -0.05) is 41.0 Å². The summed E-state index contributed by atoms with van der Waals surface area (Å²) in [5.74, 6) is 1.16. The minimum atomic E-state index is -0.317. The van der Waals surface area contributed by atoms with E-state index in [9.17, 15) is 5.11 Å². The predicted molar refractivity (Wildman–Crippen MR) is 127 cm³/mol. The van der Waals surface area contributed by atoms with Crippen LogP contribution in [-0.2, 0) is 0 Å². The molecule has 2 rings (SSSR count). The molecule has 2 N–H and O–H groups in total. The maximum absolute atomic E-state index is 9.77. The molecule has 0 saturated heterocycles. The molecule has 3 heteroatoms. The predicted octanol–water partition coefficient (Wildman–Crippen LogP) is 7.04. The quantitative estimate of drug-likeness (QED) is 0.407. The van der Waals surface area contributed by atoms with E-state index in [4.69, 9.17) is 9.84 Å². The number of rotatable bonds is 10. The average molecular weight is 411 g/mol. The van der Waals surface area contributed by atoms with Crippen molar-refractivity contribution in [3.8, 4) is 11.5 Å². The number of phenolic OH excluding ortho intramolecular Hbond substituents is 1. The largest absolute Gasteiger partial charge is 0.508 e. The number of allylic oxidation sites excluding steroid dienone is 5. The minimum absolute atomic E-state index is 0.155. The van der Waals surface area contributed by atoms with Gasteiger partial charge < -0.3 is 14.9 Å².